The van der Waals surface area contributed by atoms with Gasteiger partial charge in [0.2, 0.25) is 0 Å². The number of carbonyl (C=O) groups is 1. The highest BCUT2D eigenvalue weighted by Gasteiger charge is 2.22. The quantitative estimate of drug-likeness (QED) is 0.621. The average molecular weight is 377 g/mol. The highest BCUT2D eigenvalue weighted by atomic mass is 16.5. The van der Waals surface area contributed by atoms with Gasteiger partial charge in [-0.25, -0.2) is 0 Å². The molecule has 0 unspecified atom stereocenters. The van der Waals surface area contributed by atoms with Crippen molar-refractivity contribution < 1.29 is 9.53 Å². The third-order valence-corrected chi connectivity index (χ3v) is 5.00. The van der Waals surface area contributed by atoms with Crippen molar-refractivity contribution in [2.75, 3.05) is 56.4 Å². The Morgan fingerprint density at radius 1 is 1.11 bits per heavy atom. The third-order valence-electron chi connectivity index (χ3n) is 5.00. The number of rotatable bonds is 4. The molecule has 1 aromatic carbocycles. The Hall–Kier alpha value is -1.79. The van der Waals surface area contributed by atoms with Crippen LogP contribution in [0.3, 0.4) is 0 Å². The van der Waals surface area contributed by atoms with E-state index in [4.69, 9.17) is 5.73 Å². The van der Waals surface area contributed by atoms with E-state index in [0.717, 1.165) is 24.7 Å². The minimum absolute atomic E-state index is 0.318. The Morgan fingerprint density at radius 3 is 2.19 bits per heavy atom. The molecule has 1 aromatic rings. The molecule has 0 atom stereocenters. The Kier molecular flexibility index (Phi) is 8.38. The van der Waals surface area contributed by atoms with Crippen LogP contribution >= 0.6 is 0 Å². The molecule has 0 aliphatic carbocycles. The van der Waals surface area contributed by atoms with E-state index in [9.17, 15) is 4.79 Å². The van der Waals surface area contributed by atoms with Crippen LogP contribution in [-0.2, 0) is 9.53 Å². The summed E-state index contributed by atoms with van der Waals surface area (Å²) in [5.74, 6) is 0.873. The van der Waals surface area contributed by atoms with Crippen LogP contribution < -0.4 is 16.0 Å². The number of hydrogen-bond donors (Lipinski definition) is 2. The maximum absolute atomic E-state index is 9.60. The van der Waals surface area contributed by atoms with E-state index in [1.807, 2.05) is 32.9 Å². The molecule has 0 bridgehead atoms. The summed E-state index contributed by atoms with van der Waals surface area (Å²) in [6.45, 7) is 14.3. The fourth-order valence-corrected chi connectivity index (χ4v) is 3.46. The van der Waals surface area contributed by atoms with E-state index in [1.165, 1.54) is 51.3 Å². The Bertz CT molecular complexity index is 542. The van der Waals surface area contributed by atoms with Crippen molar-refractivity contribution in [2.24, 2.45) is 5.92 Å². The number of anilines is 2. The van der Waals surface area contributed by atoms with Crippen LogP contribution in [0.5, 0.6) is 0 Å². The first kappa shape index (κ1) is 21.5. The van der Waals surface area contributed by atoms with Crippen molar-refractivity contribution in [1.29, 1.82) is 0 Å². The van der Waals surface area contributed by atoms with Gasteiger partial charge >= 0.3 is 0 Å². The fraction of sp³-hybridized carbons (Fsp3) is 0.667. The zero-order valence-electron chi connectivity index (χ0n) is 17.1. The molecular weight excluding hydrogens is 340 g/mol. The maximum Gasteiger partial charge on any atom is 0.293 e. The molecule has 0 amide bonds. The largest absolute Gasteiger partial charge is 0.462 e. The average Bonchev–Trinajstić information content (AvgIpc) is 2.64. The molecule has 2 aliphatic heterocycles. The number of nitrogens with two attached hydrogens (primary N) is 1. The standard InChI is InChI=1S/C16H26N4.C5H10O2/c17-15-1-3-16(4-2-15)20-9-5-14(6-10-20)13-19-11-7-18-8-12-19;1-5(2,3)7-4-6/h1-4,14,18H,5-13,17H2;4H,1-3H3. The van der Waals surface area contributed by atoms with Gasteiger partial charge in [0.25, 0.3) is 6.47 Å². The highest BCUT2D eigenvalue weighted by Crippen LogP contribution is 2.24. The summed E-state index contributed by atoms with van der Waals surface area (Å²) < 4.78 is 4.55. The molecule has 27 heavy (non-hydrogen) atoms. The van der Waals surface area contributed by atoms with E-state index in [2.05, 4.69) is 32.0 Å². The number of hydrogen-bond acceptors (Lipinski definition) is 6. The van der Waals surface area contributed by atoms with Crippen LogP contribution in [0.25, 0.3) is 0 Å². The van der Waals surface area contributed by atoms with Crippen LogP contribution in [0.2, 0.25) is 0 Å². The summed E-state index contributed by atoms with van der Waals surface area (Å²) in [5, 5.41) is 3.42. The summed E-state index contributed by atoms with van der Waals surface area (Å²) in [4.78, 5) is 14.7. The molecule has 3 rings (SSSR count). The van der Waals surface area contributed by atoms with Crippen molar-refractivity contribution in [1.82, 2.24) is 10.2 Å². The van der Waals surface area contributed by atoms with Gasteiger partial charge in [-0.05, 0) is 63.8 Å². The molecule has 0 saturated carbocycles. The van der Waals surface area contributed by atoms with Crippen LogP contribution in [0.1, 0.15) is 33.6 Å². The van der Waals surface area contributed by atoms with Gasteiger partial charge in [0.1, 0.15) is 5.60 Å². The predicted octanol–water partition coefficient (Wildman–Crippen LogP) is 2.35. The number of benzene rings is 1. The lowest BCUT2D eigenvalue weighted by Gasteiger charge is -2.37. The lowest BCUT2D eigenvalue weighted by Crippen LogP contribution is -2.46. The fourth-order valence-electron chi connectivity index (χ4n) is 3.46. The zero-order chi connectivity index (χ0) is 19.7. The van der Waals surface area contributed by atoms with Crippen LogP contribution in [0, 0.1) is 5.92 Å². The van der Waals surface area contributed by atoms with Crippen molar-refractivity contribution >= 4 is 17.8 Å². The number of nitrogens with one attached hydrogen (secondary N) is 1. The molecule has 2 aliphatic rings. The summed E-state index contributed by atoms with van der Waals surface area (Å²) in [5.41, 5.74) is 7.60. The van der Waals surface area contributed by atoms with Crippen LogP contribution in [0.15, 0.2) is 24.3 Å². The molecule has 2 fully saturated rings. The van der Waals surface area contributed by atoms with Gasteiger partial charge in [0, 0.05) is 57.2 Å². The number of ether oxygens (including phenoxy) is 1. The summed E-state index contributed by atoms with van der Waals surface area (Å²) >= 11 is 0. The summed E-state index contributed by atoms with van der Waals surface area (Å²) in [7, 11) is 0. The first-order valence-electron chi connectivity index (χ1n) is 10.0. The minimum Gasteiger partial charge on any atom is -0.462 e. The summed E-state index contributed by atoms with van der Waals surface area (Å²) in [6, 6.07) is 8.29. The molecule has 0 spiro atoms. The van der Waals surface area contributed by atoms with E-state index < -0.39 is 0 Å². The topological polar surface area (TPSA) is 70.8 Å². The van der Waals surface area contributed by atoms with E-state index in [0.29, 0.717) is 6.47 Å². The Balaban J connectivity index is 0.000000321. The molecule has 0 radical (unpaired) electrons. The van der Waals surface area contributed by atoms with E-state index in [1.54, 1.807) is 0 Å². The molecule has 2 saturated heterocycles. The van der Waals surface area contributed by atoms with Crippen molar-refractivity contribution in [2.45, 2.75) is 39.2 Å². The number of piperazine rings is 1. The molecule has 0 aromatic heterocycles. The second-order valence-corrected chi connectivity index (χ2v) is 8.40. The van der Waals surface area contributed by atoms with Gasteiger partial charge in [-0.3, -0.25) is 4.79 Å². The highest BCUT2D eigenvalue weighted by molar-refractivity contribution is 5.53. The molecule has 6 heteroatoms. The van der Waals surface area contributed by atoms with E-state index >= 15 is 0 Å². The molecule has 2 heterocycles. The second kappa shape index (κ2) is 10.5. The predicted molar refractivity (Wildman–Crippen MR) is 112 cm³/mol. The van der Waals surface area contributed by atoms with Gasteiger partial charge < -0.3 is 25.6 Å². The first-order chi connectivity index (χ1) is 12.9. The SMILES string of the molecule is CC(C)(C)OC=O.Nc1ccc(N2CCC(CN3CCNCC3)CC2)cc1. The normalized spacial score (nSPS) is 19.1. The smallest absolute Gasteiger partial charge is 0.293 e. The van der Waals surface area contributed by atoms with Gasteiger partial charge in [-0.15, -0.1) is 0 Å². The van der Waals surface area contributed by atoms with Gasteiger partial charge in [-0.1, -0.05) is 0 Å². The third kappa shape index (κ3) is 8.18. The van der Waals surface area contributed by atoms with Gasteiger partial charge in [-0.2, -0.15) is 0 Å². The first-order valence-corrected chi connectivity index (χ1v) is 10.0. The number of piperidine rings is 1. The van der Waals surface area contributed by atoms with Gasteiger partial charge in [0.05, 0.1) is 0 Å². The van der Waals surface area contributed by atoms with Crippen LogP contribution in [-0.4, -0.2) is 62.8 Å². The summed E-state index contributed by atoms with van der Waals surface area (Å²) in [6.07, 6.45) is 2.63. The van der Waals surface area contributed by atoms with Crippen molar-refractivity contribution in [3.63, 3.8) is 0 Å². The molecular formula is C21H36N4O2. The van der Waals surface area contributed by atoms with Crippen molar-refractivity contribution in [3.8, 4) is 0 Å². The zero-order valence-corrected chi connectivity index (χ0v) is 17.1. The van der Waals surface area contributed by atoms with Gasteiger partial charge in [0.15, 0.2) is 0 Å². The maximum atomic E-state index is 9.60. The number of nitrogen functional groups attached to an aromatic ring is 1. The second-order valence-electron chi connectivity index (χ2n) is 8.40. The minimum atomic E-state index is -0.318. The lowest BCUT2D eigenvalue weighted by atomic mass is 9.95. The van der Waals surface area contributed by atoms with Crippen molar-refractivity contribution in [3.05, 3.63) is 24.3 Å². The Labute approximate surface area is 164 Å². The molecule has 3 N–H and O–H groups in total. The monoisotopic (exact) mass is 376 g/mol. The molecule has 6 nitrogen and oxygen atoms in total. The van der Waals surface area contributed by atoms with E-state index in [-0.39, 0.29) is 5.60 Å². The lowest BCUT2D eigenvalue weighted by molar-refractivity contribution is -0.138. The number of carbonyl (C=O) groups excluding carboxylic acids is 1. The van der Waals surface area contributed by atoms with Crippen LogP contribution in [0.4, 0.5) is 11.4 Å². The number of nitrogens with zero attached hydrogens (tertiary/aromatic N) is 2. The molecule has 152 valence electrons. The Morgan fingerprint density at radius 2 is 1.70 bits per heavy atom.